The zero-order valence-corrected chi connectivity index (χ0v) is 10.6. The molecule has 0 atom stereocenters. The first-order chi connectivity index (χ1) is 8.16. The molecule has 0 radical (unpaired) electrons. The molecule has 0 amide bonds. The first-order valence-corrected chi connectivity index (χ1v) is 5.96. The van der Waals surface area contributed by atoms with Gasteiger partial charge in [0.2, 0.25) is 0 Å². The van der Waals surface area contributed by atoms with E-state index in [4.69, 9.17) is 0 Å². The zero-order chi connectivity index (χ0) is 12.3. The monoisotopic (exact) mass is 229 g/mol. The Balaban J connectivity index is 2.04. The molecule has 1 aromatic carbocycles. The van der Waals surface area contributed by atoms with Gasteiger partial charge in [-0.1, -0.05) is 26.0 Å². The van der Waals surface area contributed by atoms with E-state index in [1.807, 2.05) is 24.1 Å². The third kappa shape index (κ3) is 2.87. The third-order valence-electron chi connectivity index (χ3n) is 2.94. The van der Waals surface area contributed by atoms with Crippen LogP contribution in [-0.4, -0.2) is 9.55 Å². The molecule has 0 spiro atoms. The van der Waals surface area contributed by atoms with Crippen molar-refractivity contribution in [1.82, 2.24) is 9.55 Å². The van der Waals surface area contributed by atoms with Crippen molar-refractivity contribution in [3.63, 3.8) is 0 Å². The predicted octanol–water partition coefficient (Wildman–Crippen LogP) is 3.16. The van der Waals surface area contributed by atoms with Crippen molar-refractivity contribution in [3.8, 4) is 0 Å². The van der Waals surface area contributed by atoms with Crippen LogP contribution in [0, 0.1) is 0 Å². The summed E-state index contributed by atoms with van der Waals surface area (Å²) in [4.78, 5) is 4.10. The molecule has 90 valence electrons. The van der Waals surface area contributed by atoms with Gasteiger partial charge >= 0.3 is 0 Å². The van der Waals surface area contributed by atoms with Crippen LogP contribution in [-0.2, 0) is 13.6 Å². The molecule has 0 aliphatic rings. The van der Waals surface area contributed by atoms with E-state index >= 15 is 0 Å². The summed E-state index contributed by atoms with van der Waals surface area (Å²) in [7, 11) is 2.01. The van der Waals surface area contributed by atoms with Crippen molar-refractivity contribution in [2.75, 3.05) is 5.32 Å². The molecule has 3 heteroatoms. The number of nitrogens with one attached hydrogen (secondary N) is 1. The summed E-state index contributed by atoms with van der Waals surface area (Å²) < 4.78 is 2.03. The summed E-state index contributed by atoms with van der Waals surface area (Å²) in [5.74, 6) is 0.563. The second-order valence-corrected chi connectivity index (χ2v) is 4.63. The lowest BCUT2D eigenvalue weighted by atomic mass is 10.0. The van der Waals surface area contributed by atoms with Crippen LogP contribution >= 0.6 is 0 Å². The fraction of sp³-hybridized carbons (Fsp3) is 0.357. The minimum Gasteiger partial charge on any atom is -0.379 e. The van der Waals surface area contributed by atoms with Crippen LogP contribution in [0.3, 0.4) is 0 Å². The number of nitrogens with zero attached hydrogens (tertiary/aromatic N) is 2. The highest BCUT2D eigenvalue weighted by Gasteiger charge is 2.01. The lowest BCUT2D eigenvalue weighted by molar-refractivity contribution is 0.836. The van der Waals surface area contributed by atoms with Gasteiger partial charge in [0.15, 0.2) is 0 Å². The topological polar surface area (TPSA) is 29.9 Å². The van der Waals surface area contributed by atoms with Crippen LogP contribution in [0.5, 0.6) is 0 Å². The van der Waals surface area contributed by atoms with Gasteiger partial charge in [0.05, 0.1) is 18.6 Å². The summed E-state index contributed by atoms with van der Waals surface area (Å²) in [6.07, 6.45) is 3.71. The Bertz CT molecular complexity index is 486. The van der Waals surface area contributed by atoms with E-state index in [9.17, 15) is 0 Å². The molecule has 2 aromatic rings. The van der Waals surface area contributed by atoms with Crippen LogP contribution in [0.2, 0.25) is 0 Å². The second kappa shape index (κ2) is 5.04. The van der Waals surface area contributed by atoms with E-state index in [2.05, 4.69) is 48.4 Å². The van der Waals surface area contributed by atoms with Crippen molar-refractivity contribution < 1.29 is 0 Å². The largest absolute Gasteiger partial charge is 0.379 e. The smallest absolute Gasteiger partial charge is 0.0946 e. The van der Waals surface area contributed by atoms with E-state index in [1.54, 1.807) is 0 Å². The van der Waals surface area contributed by atoms with Crippen LogP contribution in [0.15, 0.2) is 36.8 Å². The highest BCUT2D eigenvalue weighted by atomic mass is 15.0. The van der Waals surface area contributed by atoms with Gasteiger partial charge in [-0.3, -0.25) is 0 Å². The molecular weight excluding hydrogens is 210 g/mol. The number of aryl methyl sites for hydroxylation is 1. The van der Waals surface area contributed by atoms with E-state index in [0.29, 0.717) is 5.92 Å². The van der Waals surface area contributed by atoms with Gasteiger partial charge in [0.1, 0.15) is 0 Å². The van der Waals surface area contributed by atoms with Crippen LogP contribution < -0.4 is 5.32 Å². The molecule has 0 aliphatic heterocycles. The predicted molar refractivity (Wildman–Crippen MR) is 71.1 cm³/mol. The van der Waals surface area contributed by atoms with Gasteiger partial charge in [0.25, 0.3) is 0 Å². The maximum absolute atomic E-state index is 4.10. The molecule has 17 heavy (non-hydrogen) atoms. The van der Waals surface area contributed by atoms with Crippen LogP contribution in [0.25, 0.3) is 0 Å². The molecule has 0 bridgehead atoms. The van der Waals surface area contributed by atoms with Crippen molar-refractivity contribution in [1.29, 1.82) is 0 Å². The summed E-state index contributed by atoms with van der Waals surface area (Å²) in [6, 6.07) is 8.57. The summed E-state index contributed by atoms with van der Waals surface area (Å²) in [6.45, 7) is 5.22. The van der Waals surface area contributed by atoms with Gasteiger partial charge in [-0.2, -0.15) is 0 Å². The van der Waals surface area contributed by atoms with Crippen LogP contribution in [0.4, 0.5) is 5.69 Å². The SMILES string of the molecule is CC(C)c1cccc(NCc2cncn2C)c1. The Morgan fingerprint density at radius 2 is 2.18 bits per heavy atom. The van der Waals surface area contributed by atoms with Gasteiger partial charge in [-0.15, -0.1) is 0 Å². The fourth-order valence-corrected chi connectivity index (χ4v) is 1.76. The van der Waals surface area contributed by atoms with Crippen molar-refractivity contribution in [2.24, 2.45) is 7.05 Å². The molecule has 0 fully saturated rings. The Hall–Kier alpha value is -1.77. The van der Waals surface area contributed by atoms with E-state index in [0.717, 1.165) is 12.2 Å². The van der Waals surface area contributed by atoms with E-state index in [-0.39, 0.29) is 0 Å². The normalized spacial score (nSPS) is 10.8. The van der Waals surface area contributed by atoms with Crippen molar-refractivity contribution in [2.45, 2.75) is 26.3 Å². The van der Waals surface area contributed by atoms with E-state index < -0.39 is 0 Å². The average Bonchev–Trinajstić information content (AvgIpc) is 2.72. The highest BCUT2D eigenvalue weighted by Crippen LogP contribution is 2.18. The van der Waals surface area contributed by atoms with E-state index in [1.165, 1.54) is 11.3 Å². The number of rotatable bonds is 4. The standard InChI is InChI=1S/C14H19N3/c1-11(2)12-5-4-6-13(7-12)16-9-14-8-15-10-17(14)3/h4-8,10-11,16H,9H2,1-3H3. The fourth-order valence-electron chi connectivity index (χ4n) is 1.76. The minimum absolute atomic E-state index is 0.563. The zero-order valence-electron chi connectivity index (χ0n) is 10.6. The van der Waals surface area contributed by atoms with Gasteiger partial charge in [0, 0.05) is 18.9 Å². The van der Waals surface area contributed by atoms with Crippen LogP contribution in [0.1, 0.15) is 31.0 Å². The first kappa shape index (κ1) is 11.7. The van der Waals surface area contributed by atoms with Crippen molar-refractivity contribution >= 4 is 5.69 Å². The summed E-state index contributed by atoms with van der Waals surface area (Å²) in [5, 5.41) is 3.42. The van der Waals surface area contributed by atoms with Gasteiger partial charge in [-0.05, 0) is 23.6 Å². The molecular formula is C14H19N3. The van der Waals surface area contributed by atoms with Gasteiger partial charge in [-0.25, -0.2) is 4.98 Å². The number of aromatic nitrogens is 2. The average molecular weight is 229 g/mol. The Morgan fingerprint density at radius 1 is 1.35 bits per heavy atom. The molecule has 2 rings (SSSR count). The first-order valence-electron chi connectivity index (χ1n) is 5.96. The maximum atomic E-state index is 4.10. The molecule has 0 saturated carbocycles. The molecule has 1 N–H and O–H groups in total. The molecule has 0 unspecified atom stereocenters. The molecule has 1 aromatic heterocycles. The van der Waals surface area contributed by atoms with Crippen molar-refractivity contribution in [3.05, 3.63) is 48.0 Å². The maximum Gasteiger partial charge on any atom is 0.0946 e. The summed E-state index contributed by atoms with van der Waals surface area (Å²) in [5.41, 5.74) is 3.71. The summed E-state index contributed by atoms with van der Waals surface area (Å²) >= 11 is 0. The number of benzene rings is 1. The lowest BCUT2D eigenvalue weighted by Crippen LogP contribution is -2.04. The molecule has 0 saturated heterocycles. The highest BCUT2D eigenvalue weighted by molar-refractivity contribution is 5.46. The van der Waals surface area contributed by atoms with Gasteiger partial charge < -0.3 is 9.88 Å². The number of anilines is 1. The second-order valence-electron chi connectivity index (χ2n) is 4.63. The minimum atomic E-state index is 0.563. The molecule has 3 nitrogen and oxygen atoms in total. The number of hydrogen-bond acceptors (Lipinski definition) is 2. The Kier molecular flexibility index (Phi) is 3.47. The molecule has 1 heterocycles. The Morgan fingerprint density at radius 3 is 2.82 bits per heavy atom. The Labute approximate surface area is 103 Å². The number of hydrogen-bond donors (Lipinski definition) is 1. The third-order valence-corrected chi connectivity index (χ3v) is 2.94. The number of imidazole rings is 1. The lowest BCUT2D eigenvalue weighted by Gasteiger charge is -2.10. The molecule has 0 aliphatic carbocycles. The quantitative estimate of drug-likeness (QED) is 0.872.